The van der Waals surface area contributed by atoms with E-state index in [0.717, 1.165) is 17.7 Å². The number of rotatable bonds is 5. The molecule has 1 unspecified atom stereocenters. The van der Waals surface area contributed by atoms with Gasteiger partial charge < -0.3 is 5.32 Å². The Kier molecular flexibility index (Phi) is 5.53. The molecule has 0 saturated heterocycles. The van der Waals surface area contributed by atoms with Gasteiger partial charge in [-0.15, -0.1) is 0 Å². The Balaban J connectivity index is 1.87. The third kappa shape index (κ3) is 4.24. The van der Waals surface area contributed by atoms with E-state index in [9.17, 15) is 18.0 Å². The van der Waals surface area contributed by atoms with Crippen LogP contribution in [0.5, 0.6) is 0 Å². The van der Waals surface area contributed by atoms with Crippen molar-refractivity contribution in [3.05, 3.63) is 77.5 Å². The van der Waals surface area contributed by atoms with Crippen molar-refractivity contribution in [2.24, 2.45) is 0 Å². The first-order valence-corrected chi connectivity index (χ1v) is 8.91. The molecule has 0 saturated carbocycles. The molecular weight excluding hydrogens is 367 g/mol. The van der Waals surface area contributed by atoms with Crippen LogP contribution in [0.2, 0.25) is 0 Å². The van der Waals surface area contributed by atoms with Gasteiger partial charge in [0.2, 0.25) is 0 Å². The van der Waals surface area contributed by atoms with Gasteiger partial charge in [-0.05, 0) is 37.6 Å². The Morgan fingerprint density at radius 3 is 2.46 bits per heavy atom. The van der Waals surface area contributed by atoms with Crippen molar-refractivity contribution in [2.45, 2.75) is 32.6 Å². The van der Waals surface area contributed by atoms with Crippen LogP contribution < -0.4 is 5.32 Å². The van der Waals surface area contributed by atoms with Crippen LogP contribution in [-0.2, 0) is 12.7 Å². The minimum Gasteiger partial charge on any atom is -0.344 e. The predicted molar refractivity (Wildman–Crippen MR) is 101 cm³/mol. The van der Waals surface area contributed by atoms with Gasteiger partial charge in [-0.1, -0.05) is 42.5 Å². The van der Waals surface area contributed by atoms with Gasteiger partial charge in [0.25, 0.3) is 5.91 Å². The van der Waals surface area contributed by atoms with E-state index >= 15 is 0 Å². The van der Waals surface area contributed by atoms with Gasteiger partial charge >= 0.3 is 6.18 Å². The van der Waals surface area contributed by atoms with E-state index in [1.165, 1.54) is 16.8 Å². The smallest absolute Gasteiger partial charge is 0.344 e. The summed E-state index contributed by atoms with van der Waals surface area (Å²) in [6.45, 7) is 4.10. The minimum atomic E-state index is -4.43. The fraction of sp³-hybridized carbons (Fsp3) is 0.238. The van der Waals surface area contributed by atoms with Crippen LogP contribution in [0.1, 0.15) is 41.5 Å². The van der Waals surface area contributed by atoms with E-state index in [-0.39, 0.29) is 17.6 Å². The lowest BCUT2D eigenvalue weighted by Gasteiger charge is -2.13. The van der Waals surface area contributed by atoms with Crippen LogP contribution in [0.4, 0.5) is 13.2 Å². The van der Waals surface area contributed by atoms with Crippen LogP contribution in [0.25, 0.3) is 11.3 Å². The molecule has 0 spiro atoms. The van der Waals surface area contributed by atoms with Gasteiger partial charge in [0.15, 0.2) is 5.69 Å². The highest BCUT2D eigenvalue weighted by atomic mass is 19.4. The highest BCUT2D eigenvalue weighted by Crippen LogP contribution is 2.32. The van der Waals surface area contributed by atoms with Gasteiger partial charge in [-0.3, -0.25) is 9.48 Å². The zero-order valence-electron chi connectivity index (χ0n) is 15.5. The average molecular weight is 387 g/mol. The van der Waals surface area contributed by atoms with Gasteiger partial charge in [-0.25, -0.2) is 0 Å². The molecule has 0 aliphatic carbocycles. The maximum absolute atomic E-state index is 13.0. The first-order valence-electron chi connectivity index (χ1n) is 8.91. The van der Waals surface area contributed by atoms with Crippen molar-refractivity contribution in [3.8, 4) is 11.3 Å². The molecule has 3 rings (SSSR count). The SMILES string of the molecule is CCn1nc(C(=O)NC(C)c2ccccc2)cc1-c1cccc(C(F)(F)F)c1. The minimum absolute atomic E-state index is 0.164. The monoisotopic (exact) mass is 387 g/mol. The standard InChI is InChI=1S/C21H20F3N3O/c1-3-27-19(16-10-7-11-17(12-16)21(22,23)24)13-18(26-27)20(28)25-14(2)15-8-5-4-6-9-15/h4-14H,3H2,1-2H3,(H,25,28). The number of hydrogen-bond acceptors (Lipinski definition) is 2. The summed E-state index contributed by atoms with van der Waals surface area (Å²) >= 11 is 0. The van der Waals surface area contributed by atoms with E-state index in [0.29, 0.717) is 17.8 Å². The maximum atomic E-state index is 13.0. The number of carbonyl (C=O) groups is 1. The van der Waals surface area contributed by atoms with Gasteiger partial charge in [-0.2, -0.15) is 18.3 Å². The number of alkyl halides is 3. The molecule has 7 heteroatoms. The van der Waals surface area contributed by atoms with E-state index < -0.39 is 11.7 Å². The predicted octanol–water partition coefficient (Wildman–Crippen LogP) is 5.08. The molecule has 1 N–H and O–H groups in total. The fourth-order valence-corrected chi connectivity index (χ4v) is 2.95. The van der Waals surface area contributed by atoms with Crippen molar-refractivity contribution in [3.63, 3.8) is 0 Å². The molecule has 0 fully saturated rings. The maximum Gasteiger partial charge on any atom is 0.416 e. The number of aryl methyl sites for hydroxylation is 1. The number of amides is 1. The summed E-state index contributed by atoms with van der Waals surface area (Å²) in [7, 11) is 0. The largest absolute Gasteiger partial charge is 0.416 e. The molecule has 4 nitrogen and oxygen atoms in total. The molecule has 3 aromatic rings. The second kappa shape index (κ2) is 7.88. The summed E-state index contributed by atoms with van der Waals surface area (Å²) in [5, 5.41) is 7.14. The molecule has 0 bridgehead atoms. The lowest BCUT2D eigenvalue weighted by molar-refractivity contribution is -0.137. The zero-order valence-corrected chi connectivity index (χ0v) is 15.5. The van der Waals surface area contributed by atoms with Crippen molar-refractivity contribution < 1.29 is 18.0 Å². The molecule has 0 radical (unpaired) electrons. The molecule has 0 aliphatic rings. The molecule has 1 amide bonds. The first kappa shape index (κ1) is 19.7. The molecule has 2 aromatic carbocycles. The third-order valence-electron chi connectivity index (χ3n) is 4.44. The Morgan fingerprint density at radius 1 is 1.11 bits per heavy atom. The number of aromatic nitrogens is 2. The van der Waals surface area contributed by atoms with Crippen molar-refractivity contribution in [1.29, 1.82) is 0 Å². The molecule has 1 atom stereocenters. The molecule has 1 aromatic heterocycles. The fourth-order valence-electron chi connectivity index (χ4n) is 2.95. The van der Waals surface area contributed by atoms with E-state index in [1.54, 1.807) is 6.07 Å². The Morgan fingerprint density at radius 2 is 1.82 bits per heavy atom. The van der Waals surface area contributed by atoms with Crippen LogP contribution >= 0.6 is 0 Å². The number of nitrogens with one attached hydrogen (secondary N) is 1. The van der Waals surface area contributed by atoms with Crippen LogP contribution in [0, 0.1) is 0 Å². The Hall–Kier alpha value is -3.09. The summed E-state index contributed by atoms with van der Waals surface area (Å²) in [5.41, 5.74) is 1.20. The van der Waals surface area contributed by atoms with Crippen LogP contribution in [0.15, 0.2) is 60.7 Å². The van der Waals surface area contributed by atoms with Gasteiger partial charge in [0.05, 0.1) is 17.3 Å². The molecule has 0 aliphatic heterocycles. The zero-order chi connectivity index (χ0) is 20.3. The summed E-state index contributed by atoms with van der Waals surface area (Å²) in [6, 6.07) is 15.8. The summed E-state index contributed by atoms with van der Waals surface area (Å²) in [6.07, 6.45) is -4.43. The van der Waals surface area contributed by atoms with Crippen LogP contribution in [-0.4, -0.2) is 15.7 Å². The summed E-state index contributed by atoms with van der Waals surface area (Å²) in [4.78, 5) is 12.6. The van der Waals surface area contributed by atoms with Gasteiger partial charge in [0.1, 0.15) is 0 Å². The lowest BCUT2D eigenvalue weighted by Crippen LogP contribution is -2.27. The second-order valence-electron chi connectivity index (χ2n) is 6.41. The number of carbonyl (C=O) groups excluding carboxylic acids is 1. The lowest BCUT2D eigenvalue weighted by atomic mass is 10.1. The Labute approximate surface area is 161 Å². The molecular formula is C21H20F3N3O. The highest BCUT2D eigenvalue weighted by Gasteiger charge is 2.30. The molecule has 1 heterocycles. The van der Waals surface area contributed by atoms with Crippen molar-refractivity contribution in [1.82, 2.24) is 15.1 Å². The number of hydrogen-bond donors (Lipinski definition) is 1. The number of nitrogens with zero attached hydrogens (tertiary/aromatic N) is 2. The van der Waals surface area contributed by atoms with E-state index in [2.05, 4.69) is 10.4 Å². The van der Waals surface area contributed by atoms with E-state index in [4.69, 9.17) is 0 Å². The second-order valence-corrected chi connectivity index (χ2v) is 6.41. The quantitative estimate of drug-likeness (QED) is 0.664. The first-order chi connectivity index (χ1) is 13.3. The van der Waals surface area contributed by atoms with E-state index in [1.807, 2.05) is 44.2 Å². The summed E-state index contributed by atoms with van der Waals surface area (Å²) < 4.78 is 40.6. The van der Waals surface area contributed by atoms with Crippen molar-refractivity contribution in [2.75, 3.05) is 0 Å². The average Bonchev–Trinajstić information content (AvgIpc) is 3.13. The number of benzene rings is 2. The third-order valence-corrected chi connectivity index (χ3v) is 4.44. The highest BCUT2D eigenvalue weighted by molar-refractivity contribution is 5.93. The topological polar surface area (TPSA) is 46.9 Å². The van der Waals surface area contributed by atoms with Crippen LogP contribution in [0.3, 0.4) is 0 Å². The van der Waals surface area contributed by atoms with Gasteiger partial charge in [0, 0.05) is 12.1 Å². The Bertz CT molecular complexity index is 965. The number of halogens is 3. The van der Waals surface area contributed by atoms with Crippen molar-refractivity contribution >= 4 is 5.91 Å². The summed E-state index contributed by atoms with van der Waals surface area (Å²) in [5.74, 6) is -0.378. The normalized spacial score (nSPS) is 12.6. The molecule has 28 heavy (non-hydrogen) atoms. The molecule has 146 valence electrons.